The van der Waals surface area contributed by atoms with Gasteiger partial charge in [-0.3, -0.25) is 4.79 Å². The Hall–Kier alpha value is -1.07. The number of ketones is 1. The summed E-state index contributed by atoms with van der Waals surface area (Å²) in [6.07, 6.45) is 10.3. The summed E-state index contributed by atoms with van der Waals surface area (Å²) in [6.45, 7) is 4.14. The van der Waals surface area contributed by atoms with E-state index in [9.17, 15) is 9.90 Å². The first-order valence-corrected chi connectivity index (χ1v) is 9.38. The fourth-order valence-electron chi connectivity index (χ4n) is 6.61. The zero-order valence-corrected chi connectivity index (χ0v) is 14.4. The molecule has 4 aliphatic carbocycles. The first-order chi connectivity index (χ1) is 11.0. The number of carbonyl (C=O) groups is 1. The maximum Gasteiger partial charge on any atom is 0.155 e. The molecule has 0 aromatic rings. The minimum Gasteiger partial charge on any atom is -0.377 e. The zero-order valence-electron chi connectivity index (χ0n) is 14.4. The van der Waals surface area contributed by atoms with E-state index < -0.39 is 5.60 Å². The van der Waals surface area contributed by atoms with Crippen LogP contribution in [0.25, 0.3) is 0 Å². The van der Waals surface area contributed by atoms with Gasteiger partial charge in [-0.1, -0.05) is 18.4 Å². The maximum absolute atomic E-state index is 11.7. The van der Waals surface area contributed by atoms with Crippen molar-refractivity contribution < 1.29 is 9.90 Å². The van der Waals surface area contributed by atoms with Crippen LogP contribution in [0.15, 0.2) is 11.6 Å². The van der Waals surface area contributed by atoms with E-state index in [2.05, 4.69) is 18.8 Å². The van der Waals surface area contributed by atoms with Crippen LogP contribution in [-0.2, 0) is 4.79 Å². The van der Waals surface area contributed by atoms with Crippen LogP contribution in [0.3, 0.4) is 0 Å². The van der Waals surface area contributed by atoms with E-state index in [0.717, 1.165) is 50.4 Å². The molecule has 3 fully saturated rings. The smallest absolute Gasteiger partial charge is 0.155 e. The monoisotopic (exact) mass is 312 g/mol. The van der Waals surface area contributed by atoms with Crippen molar-refractivity contribution in [1.29, 1.82) is 0 Å². The summed E-state index contributed by atoms with van der Waals surface area (Å²) in [4.78, 5) is 11.7. The Morgan fingerprint density at radius 2 is 1.96 bits per heavy atom. The normalized spacial score (nSPS) is 48.5. The lowest BCUT2D eigenvalue weighted by Gasteiger charge is -2.54. The largest absolute Gasteiger partial charge is 0.377 e. The van der Waals surface area contributed by atoms with E-state index in [4.69, 9.17) is 0 Å². The Morgan fingerprint density at radius 1 is 1.13 bits per heavy atom. The zero-order chi connectivity index (χ0) is 16.2. The van der Waals surface area contributed by atoms with Crippen molar-refractivity contribution in [2.75, 3.05) is 0 Å². The summed E-state index contributed by atoms with van der Waals surface area (Å²) in [5.41, 5.74) is 0.617. The summed E-state index contributed by atoms with van der Waals surface area (Å²) >= 11 is 0. The summed E-state index contributed by atoms with van der Waals surface area (Å²) < 4.78 is 0. The summed E-state index contributed by atoms with van der Waals surface area (Å²) in [5, 5.41) is 11.2. The van der Waals surface area contributed by atoms with Gasteiger partial charge >= 0.3 is 0 Å². The number of hydrogen-bond acceptors (Lipinski definition) is 2. The molecule has 1 N–H and O–H groups in total. The SMILES string of the molecule is CC#CC1(O)CC[C@@H]2[C@@H]3CCC4=CC(=O)CC[C@@H]4[C@@H]3CC[C@@]21C. The predicted octanol–water partition coefficient (Wildman–Crippen LogP) is 3.88. The van der Waals surface area contributed by atoms with Crippen molar-refractivity contribution in [1.82, 2.24) is 0 Å². The van der Waals surface area contributed by atoms with E-state index in [1.165, 1.54) is 18.4 Å². The molecule has 4 rings (SSSR count). The van der Waals surface area contributed by atoms with E-state index in [0.29, 0.717) is 17.6 Å². The first-order valence-electron chi connectivity index (χ1n) is 9.38. The lowest BCUT2D eigenvalue weighted by molar-refractivity contribution is -0.116. The van der Waals surface area contributed by atoms with Crippen LogP contribution >= 0.6 is 0 Å². The predicted molar refractivity (Wildman–Crippen MR) is 90.5 cm³/mol. The lowest BCUT2D eigenvalue weighted by Crippen LogP contribution is -2.52. The molecule has 6 atom stereocenters. The number of carbonyl (C=O) groups excluding carboxylic acids is 1. The molecule has 23 heavy (non-hydrogen) atoms. The standard InChI is InChI=1S/C21H28O2/c1-3-10-21(23)12-9-19-18-6-4-14-13-15(22)5-7-16(14)17(18)8-11-20(19,21)2/h13,16-19,23H,4-9,11-12H2,1-2H3/t16-,17-,18+,19+,20-,21?/m0/s1. The molecule has 0 bridgehead atoms. The van der Waals surface area contributed by atoms with Crippen LogP contribution in [-0.4, -0.2) is 16.5 Å². The maximum atomic E-state index is 11.7. The first kappa shape index (κ1) is 15.5. The summed E-state index contributed by atoms with van der Waals surface area (Å²) in [6, 6.07) is 0. The van der Waals surface area contributed by atoms with Gasteiger partial charge in [0.2, 0.25) is 0 Å². The highest BCUT2D eigenvalue weighted by Gasteiger charge is 2.61. The Kier molecular flexibility index (Phi) is 3.50. The minimum atomic E-state index is -0.782. The van der Waals surface area contributed by atoms with Crippen LogP contribution in [0, 0.1) is 40.9 Å². The molecule has 0 radical (unpaired) electrons. The molecule has 0 aromatic heterocycles. The van der Waals surface area contributed by atoms with Crippen molar-refractivity contribution in [2.24, 2.45) is 29.1 Å². The average molecular weight is 312 g/mol. The molecule has 2 heteroatoms. The molecule has 4 aliphatic rings. The highest BCUT2D eigenvalue weighted by Crippen LogP contribution is 2.64. The topological polar surface area (TPSA) is 37.3 Å². The quantitative estimate of drug-likeness (QED) is 0.689. The highest BCUT2D eigenvalue weighted by atomic mass is 16.3. The Morgan fingerprint density at radius 3 is 2.74 bits per heavy atom. The molecule has 3 saturated carbocycles. The fraction of sp³-hybridized carbons (Fsp3) is 0.762. The van der Waals surface area contributed by atoms with Gasteiger partial charge in [-0.15, -0.1) is 5.92 Å². The van der Waals surface area contributed by atoms with Gasteiger partial charge in [-0.05, 0) is 81.6 Å². The molecule has 0 spiro atoms. The number of hydrogen-bond donors (Lipinski definition) is 1. The van der Waals surface area contributed by atoms with E-state index in [1.807, 2.05) is 13.0 Å². The van der Waals surface area contributed by atoms with Crippen LogP contribution in [0.5, 0.6) is 0 Å². The molecule has 0 saturated heterocycles. The third kappa shape index (κ3) is 2.09. The van der Waals surface area contributed by atoms with Gasteiger partial charge in [0.05, 0.1) is 0 Å². The number of rotatable bonds is 0. The van der Waals surface area contributed by atoms with E-state index >= 15 is 0 Å². The van der Waals surface area contributed by atoms with Gasteiger partial charge in [0, 0.05) is 11.8 Å². The third-order valence-electron chi connectivity index (χ3n) is 7.78. The second kappa shape index (κ2) is 5.21. The molecular formula is C21H28O2. The van der Waals surface area contributed by atoms with Crippen molar-refractivity contribution in [3.05, 3.63) is 11.6 Å². The van der Waals surface area contributed by atoms with E-state index in [1.54, 1.807) is 0 Å². The summed E-state index contributed by atoms with van der Waals surface area (Å²) in [7, 11) is 0. The Bertz CT molecular complexity index is 621. The average Bonchev–Trinajstić information content (AvgIpc) is 2.79. The number of allylic oxidation sites excluding steroid dienone is 1. The molecular weight excluding hydrogens is 284 g/mol. The number of aliphatic hydroxyl groups is 1. The van der Waals surface area contributed by atoms with Crippen molar-refractivity contribution in [3.8, 4) is 11.8 Å². The van der Waals surface area contributed by atoms with Gasteiger partial charge in [0.1, 0.15) is 5.60 Å². The van der Waals surface area contributed by atoms with Gasteiger partial charge in [0.25, 0.3) is 0 Å². The lowest BCUT2D eigenvalue weighted by atomic mass is 9.50. The molecule has 1 unspecified atom stereocenters. The molecule has 0 amide bonds. The van der Waals surface area contributed by atoms with Crippen LogP contribution in [0.1, 0.15) is 65.2 Å². The molecule has 124 valence electrons. The van der Waals surface area contributed by atoms with Crippen molar-refractivity contribution in [2.45, 2.75) is 70.8 Å². The molecule has 0 heterocycles. The molecule has 0 aromatic carbocycles. The highest BCUT2D eigenvalue weighted by molar-refractivity contribution is 5.91. The van der Waals surface area contributed by atoms with Gasteiger partial charge in [-0.2, -0.15) is 0 Å². The Labute approximate surface area is 139 Å². The Balaban J connectivity index is 1.65. The van der Waals surface area contributed by atoms with Crippen LogP contribution in [0.4, 0.5) is 0 Å². The van der Waals surface area contributed by atoms with Crippen LogP contribution in [0.2, 0.25) is 0 Å². The second-order valence-electron chi connectivity index (χ2n) is 8.53. The minimum absolute atomic E-state index is 0.0388. The van der Waals surface area contributed by atoms with Crippen molar-refractivity contribution >= 4 is 5.78 Å². The third-order valence-corrected chi connectivity index (χ3v) is 7.78. The van der Waals surface area contributed by atoms with Gasteiger partial charge < -0.3 is 5.11 Å². The van der Waals surface area contributed by atoms with Gasteiger partial charge in [-0.25, -0.2) is 0 Å². The summed E-state index contributed by atoms with van der Waals surface area (Å²) in [5.74, 6) is 9.19. The second-order valence-corrected chi connectivity index (χ2v) is 8.53. The van der Waals surface area contributed by atoms with Gasteiger partial charge in [0.15, 0.2) is 5.78 Å². The van der Waals surface area contributed by atoms with Crippen molar-refractivity contribution in [3.63, 3.8) is 0 Å². The fourth-order valence-corrected chi connectivity index (χ4v) is 6.61. The van der Waals surface area contributed by atoms with Crippen LogP contribution < -0.4 is 0 Å². The molecule has 0 aliphatic heterocycles. The van der Waals surface area contributed by atoms with E-state index in [-0.39, 0.29) is 5.41 Å². The molecule has 2 nitrogen and oxygen atoms in total. The number of fused-ring (bicyclic) bond motifs is 5.